The Morgan fingerprint density at radius 2 is 1.90 bits per heavy atom. The molecular formula is C24H28N4O3. The number of hydrogen-bond acceptors (Lipinski definition) is 6. The van der Waals surface area contributed by atoms with E-state index < -0.39 is 11.6 Å². The highest BCUT2D eigenvalue weighted by Crippen LogP contribution is 2.40. The normalized spacial score (nSPS) is 22.8. The van der Waals surface area contributed by atoms with Crippen LogP contribution in [0.5, 0.6) is 5.88 Å². The van der Waals surface area contributed by atoms with Gasteiger partial charge in [-0.1, -0.05) is 43.3 Å². The fraction of sp³-hybridized carbons (Fsp3) is 0.417. The van der Waals surface area contributed by atoms with Crippen molar-refractivity contribution in [2.24, 2.45) is 16.8 Å². The summed E-state index contributed by atoms with van der Waals surface area (Å²) in [6.45, 7) is 7.47. The number of aliphatic carboxylic acids is 1. The predicted octanol–water partition coefficient (Wildman–Crippen LogP) is 4.43. The number of rotatable bonds is 4. The smallest absolute Gasteiger partial charge is 0.306 e. The van der Waals surface area contributed by atoms with Crippen LogP contribution in [0, 0.1) is 18.8 Å². The molecule has 2 aliphatic rings. The minimum absolute atomic E-state index is 0.0962. The van der Waals surface area contributed by atoms with Crippen LogP contribution in [0.4, 0.5) is 11.5 Å². The van der Waals surface area contributed by atoms with Crippen molar-refractivity contribution in [1.29, 1.82) is 0 Å². The molecule has 162 valence electrons. The molecule has 2 aromatic rings. The van der Waals surface area contributed by atoms with Gasteiger partial charge >= 0.3 is 5.97 Å². The van der Waals surface area contributed by atoms with Gasteiger partial charge < -0.3 is 15.6 Å². The number of hydrogen-bond donors (Lipinski definition) is 2. The Kier molecular flexibility index (Phi) is 5.29. The maximum absolute atomic E-state index is 11.2. The van der Waals surface area contributed by atoms with Gasteiger partial charge in [-0.2, -0.15) is 4.98 Å². The maximum Gasteiger partial charge on any atom is 0.306 e. The lowest BCUT2D eigenvalue weighted by atomic mass is 9.79. The number of nitrogen functional groups attached to an aromatic ring is 1. The lowest BCUT2D eigenvalue weighted by Gasteiger charge is -2.32. The third kappa shape index (κ3) is 4.04. The summed E-state index contributed by atoms with van der Waals surface area (Å²) in [5, 5.41) is 9.23. The van der Waals surface area contributed by atoms with Crippen molar-refractivity contribution in [2.75, 3.05) is 5.73 Å². The summed E-state index contributed by atoms with van der Waals surface area (Å²) in [6, 6.07) is 8.31. The van der Waals surface area contributed by atoms with E-state index in [1.165, 1.54) is 5.56 Å². The molecule has 1 aliphatic heterocycles. The highest BCUT2D eigenvalue weighted by Gasteiger charge is 2.35. The van der Waals surface area contributed by atoms with Gasteiger partial charge in [0.15, 0.2) is 11.5 Å². The standard InChI is InChI=1S/C24H28N4O3/c1-13(23(29)30)15-5-7-16(8-6-15)17-9-11-18(12-10-17)20-24(3,4)31-22-19(28-20)21(25)26-14(2)27-22/h5,7,9-13,15-16H,6,8H2,1-4H3,(H,29,30)(H2,25,26,27)/t13-,15?,16?/m0/s1. The monoisotopic (exact) mass is 420 g/mol. The highest BCUT2D eigenvalue weighted by molar-refractivity contribution is 6.09. The van der Waals surface area contributed by atoms with Crippen LogP contribution in [0.15, 0.2) is 41.4 Å². The van der Waals surface area contributed by atoms with Gasteiger partial charge in [0.2, 0.25) is 5.88 Å². The number of carbonyl (C=O) groups is 1. The molecule has 2 heterocycles. The summed E-state index contributed by atoms with van der Waals surface area (Å²) < 4.78 is 6.13. The van der Waals surface area contributed by atoms with E-state index in [1.54, 1.807) is 13.8 Å². The first-order valence-corrected chi connectivity index (χ1v) is 10.6. The van der Waals surface area contributed by atoms with E-state index in [2.05, 4.69) is 46.4 Å². The number of allylic oxidation sites excluding steroid dienone is 2. The van der Waals surface area contributed by atoms with E-state index in [4.69, 9.17) is 15.5 Å². The van der Waals surface area contributed by atoms with E-state index in [1.807, 2.05) is 13.8 Å². The third-order valence-corrected chi connectivity index (χ3v) is 6.18. The number of nitrogens with zero attached hydrogens (tertiary/aromatic N) is 3. The fourth-order valence-corrected chi connectivity index (χ4v) is 4.29. The van der Waals surface area contributed by atoms with Crippen molar-refractivity contribution in [1.82, 2.24) is 9.97 Å². The van der Waals surface area contributed by atoms with Crippen molar-refractivity contribution < 1.29 is 14.6 Å². The zero-order valence-corrected chi connectivity index (χ0v) is 18.3. The zero-order chi connectivity index (χ0) is 22.3. The van der Waals surface area contributed by atoms with Crippen LogP contribution >= 0.6 is 0 Å². The number of aromatic nitrogens is 2. The van der Waals surface area contributed by atoms with E-state index >= 15 is 0 Å². The van der Waals surface area contributed by atoms with Gasteiger partial charge in [-0.3, -0.25) is 4.79 Å². The van der Waals surface area contributed by atoms with Gasteiger partial charge in [0.25, 0.3) is 0 Å². The average Bonchev–Trinajstić information content (AvgIpc) is 2.72. The molecule has 0 bridgehead atoms. The Bertz CT molecular complexity index is 1070. The highest BCUT2D eigenvalue weighted by atomic mass is 16.5. The number of fused-ring (bicyclic) bond motifs is 1. The van der Waals surface area contributed by atoms with Crippen molar-refractivity contribution >= 4 is 23.2 Å². The second kappa shape index (κ2) is 7.80. The molecule has 7 nitrogen and oxygen atoms in total. The molecule has 0 saturated carbocycles. The second-order valence-corrected chi connectivity index (χ2v) is 8.86. The first kappa shape index (κ1) is 21.0. The first-order valence-electron chi connectivity index (χ1n) is 10.6. The molecule has 0 spiro atoms. The van der Waals surface area contributed by atoms with Crippen LogP contribution < -0.4 is 10.5 Å². The van der Waals surface area contributed by atoms with Gasteiger partial charge in [0.1, 0.15) is 11.4 Å². The summed E-state index contributed by atoms with van der Waals surface area (Å²) in [7, 11) is 0. The van der Waals surface area contributed by atoms with Crippen LogP contribution in [0.3, 0.4) is 0 Å². The zero-order valence-electron chi connectivity index (χ0n) is 18.3. The number of anilines is 1. The Morgan fingerprint density at radius 3 is 2.52 bits per heavy atom. The number of nitrogens with two attached hydrogens (primary N) is 1. The SMILES string of the molecule is Cc1nc(N)c2c(n1)OC(C)(C)C(c1ccc(C3C=CC([C@H](C)C(=O)O)CC3)cc1)=N2. The van der Waals surface area contributed by atoms with Crippen molar-refractivity contribution in [3.63, 3.8) is 0 Å². The Hall–Kier alpha value is -3.22. The van der Waals surface area contributed by atoms with Crippen molar-refractivity contribution in [3.8, 4) is 5.88 Å². The fourth-order valence-electron chi connectivity index (χ4n) is 4.29. The predicted molar refractivity (Wildman–Crippen MR) is 120 cm³/mol. The Balaban J connectivity index is 1.59. The van der Waals surface area contributed by atoms with Gasteiger partial charge in [-0.05, 0) is 45.1 Å². The van der Waals surface area contributed by atoms with E-state index in [0.717, 1.165) is 24.1 Å². The molecule has 1 aromatic heterocycles. The quantitative estimate of drug-likeness (QED) is 0.708. The van der Waals surface area contributed by atoms with Gasteiger partial charge in [0, 0.05) is 11.5 Å². The number of carboxylic acid groups (broad SMARTS) is 1. The van der Waals surface area contributed by atoms with Crippen LogP contribution in [0.25, 0.3) is 0 Å². The lowest BCUT2D eigenvalue weighted by molar-refractivity contribution is -0.142. The largest absolute Gasteiger partial charge is 0.481 e. The lowest BCUT2D eigenvalue weighted by Crippen LogP contribution is -2.41. The third-order valence-electron chi connectivity index (χ3n) is 6.18. The first-order chi connectivity index (χ1) is 14.7. The number of aliphatic imine (C=N–C) groups is 1. The second-order valence-electron chi connectivity index (χ2n) is 8.86. The van der Waals surface area contributed by atoms with E-state index in [-0.39, 0.29) is 17.8 Å². The molecule has 1 aromatic carbocycles. The molecule has 0 saturated heterocycles. The molecule has 0 fully saturated rings. The average molecular weight is 421 g/mol. The van der Waals surface area contributed by atoms with Crippen LogP contribution in [0.2, 0.25) is 0 Å². The van der Waals surface area contributed by atoms with Gasteiger partial charge in [-0.15, -0.1) is 0 Å². The van der Waals surface area contributed by atoms with Crippen LogP contribution in [-0.2, 0) is 4.79 Å². The molecular weight excluding hydrogens is 392 g/mol. The molecule has 1 aliphatic carbocycles. The van der Waals surface area contributed by atoms with Crippen molar-refractivity contribution in [2.45, 2.75) is 52.1 Å². The minimum Gasteiger partial charge on any atom is -0.481 e. The molecule has 3 atom stereocenters. The number of carboxylic acids is 1. The molecule has 7 heteroatoms. The van der Waals surface area contributed by atoms with E-state index in [9.17, 15) is 9.90 Å². The minimum atomic E-state index is -0.738. The summed E-state index contributed by atoms with van der Waals surface area (Å²) >= 11 is 0. The summed E-state index contributed by atoms with van der Waals surface area (Å²) in [4.78, 5) is 24.5. The molecule has 0 radical (unpaired) electrons. The Morgan fingerprint density at radius 1 is 1.19 bits per heavy atom. The molecule has 2 unspecified atom stereocenters. The van der Waals surface area contributed by atoms with E-state index in [0.29, 0.717) is 23.2 Å². The molecule has 0 amide bonds. The van der Waals surface area contributed by atoms with Crippen LogP contribution in [0.1, 0.15) is 56.5 Å². The summed E-state index contributed by atoms with van der Waals surface area (Å²) in [5.74, 6) is 0.566. The molecule has 3 N–H and O–H groups in total. The molecule has 31 heavy (non-hydrogen) atoms. The molecule has 4 rings (SSSR count). The number of benzene rings is 1. The van der Waals surface area contributed by atoms with Crippen LogP contribution in [-0.4, -0.2) is 32.4 Å². The topological polar surface area (TPSA) is 111 Å². The summed E-state index contributed by atoms with van der Waals surface area (Å²) in [5.41, 5.74) is 8.81. The maximum atomic E-state index is 11.2. The number of aryl methyl sites for hydroxylation is 1. The van der Waals surface area contributed by atoms with Gasteiger partial charge in [-0.25, -0.2) is 9.98 Å². The number of ether oxygens (including phenoxy) is 1. The van der Waals surface area contributed by atoms with Crippen molar-refractivity contribution in [3.05, 3.63) is 53.4 Å². The Labute approximate surface area is 182 Å². The van der Waals surface area contributed by atoms with Gasteiger partial charge in [0.05, 0.1) is 11.6 Å². The summed E-state index contributed by atoms with van der Waals surface area (Å²) in [6.07, 6.45) is 6.02.